The van der Waals surface area contributed by atoms with Crippen LogP contribution in [0.5, 0.6) is 0 Å². The molecule has 66 valence electrons. The molecular weight excluding hydrogens is 245 g/mol. The van der Waals surface area contributed by atoms with Gasteiger partial charge in [-0.1, -0.05) is 15.9 Å². The van der Waals surface area contributed by atoms with Crippen molar-refractivity contribution in [3.05, 3.63) is 30.1 Å². The molecule has 1 aromatic heterocycles. The first-order valence-corrected chi connectivity index (χ1v) is 3.90. The lowest BCUT2D eigenvalue weighted by atomic mass is 10.2. The van der Waals surface area contributed by atoms with Crippen molar-refractivity contribution >= 4 is 34.3 Å². The van der Waals surface area contributed by atoms with Gasteiger partial charge in [0.05, 0.1) is 0 Å². The summed E-state index contributed by atoms with van der Waals surface area (Å²) in [7, 11) is 0. The number of halogens is 2. The van der Waals surface area contributed by atoms with Crippen molar-refractivity contribution in [2.45, 2.75) is 4.83 Å². The van der Waals surface area contributed by atoms with Gasteiger partial charge in [0.2, 0.25) is 0 Å². The van der Waals surface area contributed by atoms with E-state index in [4.69, 9.17) is 5.11 Å². The Morgan fingerprint density at radius 1 is 1.50 bits per heavy atom. The van der Waals surface area contributed by atoms with Crippen LogP contribution in [0.3, 0.4) is 0 Å². The Labute approximate surface area is 84.4 Å². The molecule has 0 fully saturated rings. The first kappa shape index (κ1) is 11.4. The lowest BCUT2D eigenvalue weighted by molar-refractivity contribution is -0.136. The van der Waals surface area contributed by atoms with Crippen LogP contribution in [0.1, 0.15) is 10.4 Å². The first-order chi connectivity index (χ1) is 5.22. The summed E-state index contributed by atoms with van der Waals surface area (Å²) >= 11 is 3.02. The maximum atomic E-state index is 10.4. The Morgan fingerprint density at radius 3 is 2.42 bits per heavy atom. The zero-order chi connectivity index (χ0) is 8.27. The van der Waals surface area contributed by atoms with E-state index in [1.165, 1.54) is 0 Å². The molecule has 0 bridgehead atoms. The van der Waals surface area contributed by atoms with Crippen LogP contribution >= 0.6 is 28.3 Å². The lowest BCUT2D eigenvalue weighted by Gasteiger charge is -2.01. The molecular formula is C7H7BrClNO2. The van der Waals surface area contributed by atoms with Gasteiger partial charge in [-0.25, -0.2) is 0 Å². The van der Waals surface area contributed by atoms with E-state index < -0.39 is 10.8 Å². The Hall–Kier alpha value is -0.610. The molecule has 0 amide bonds. The third-order valence-electron chi connectivity index (χ3n) is 1.22. The van der Waals surface area contributed by atoms with Gasteiger partial charge >= 0.3 is 5.97 Å². The van der Waals surface area contributed by atoms with Crippen LogP contribution < -0.4 is 0 Å². The Bertz CT molecular complexity index is 255. The van der Waals surface area contributed by atoms with Crippen molar-refractivity contribution < 1.29 is 9.90 Å². The Morgan fingerprint density at radius 2 is 2.00 bits per heavy atom. The summed E-state index contributed by atoms with van der Waals surface area (Å²) in [5, 5.41) is 8.57. The van der Waals surface area contributed by atoms with E-state index in [0.717, 1.165) is 0 Å². The van der Waals surface area contributed by atoms with Crippen molar-refractivity contribution in [3.63, 3.8) is 0 Å². The van der Waals surface area contributed by atoms with E-state index >= 15 is 0 Å². The number of carboxylic acid groups (broad SMARTS) is 1. The minimum absolute atomic E-state index is 0. The highest BCUT2D eigenvalue weighted by Gasteiger charge is 2.14. The monoisotopic (exact) mass is 251 g/mol. The number of nitrogens with zero attached hydrogens (tertiary/aromatic N) is 1. The third kappa shape index (κ3) is 2.79. The summed E-state index contributed by atoms with van der Waals surface area (Å²) in [6.45, 7) is 0. The highest BCUT2D eigenvalue weighted by atomic mass is 79.9. The average Bonchev–Trinajstić information content (AvgIpc) is 2.05. The molecule has 1 unspecified atom stereocenters. The fourth-order valence-electron chi connectivity index (χ4n) is 0.675. The van der Waals surface area contributed by atoms with E-state index in [2.05, 4.69) is 20.9 Å². The van der Waals surface area contributed by atoms with Crippen LogP contribution in [0.15, 0.2) is 24.5 Å². The minimum Gasteiger partial charge on any atom is -0.480 e. The fourth-order valence-corrected chi connectivity index (χ4v) is 0.980. The molecule has 3 nitrogen and oxygen atoms in total. The topological polar surface area (TPSA) is 50.2 Å². The standard InChI is InChI=1S/C7H6BrNO2.ClH/c8-6(7(10)11)5-1-3-9-4-2-5;/h1-4,6H,(H,10,11);1H. The van der Waals surface area contributed by atoms with E-state index in [1.807, 2.05) is 0 Å². The molecule has 1 aromatic rings. The largest absolute Gasteiger partial charge is 0.480 e. The SMILES string of the molecule is Cl.O=C(O)C(Br)c1ccncc1. The molecule has 12 heavy (non-hydrogen) atoms. The molecule has 0 radical (unpaired) electrons. The number of aliphatic carboxylic acids is 1. The van der Waals surface area contributed by atoms with Gasteiger partial charge < -0.3 is 5.11 Å². The Balaban J connectivity index is 0.00000121. The van der Waals surface area contributed by atoms with Crippen molar-refractivity contribution in [2.24, 2.45) is 0 Å². The van der Waals surface area contributed by atoms with Crippen LogP contribution in [0.25, 0.3) is 0 Å². The number of rotatable bonds is 2. The highest BCUT2D eigenvalue weighted by Crippen LogP contribution is 2.21. The molecule has 0 saturated carbocycles. The molecule has 5 heteroatoms. The van der Waals surface area contributed by atoms with Crippen molar-refractivity contribution in [2.75, 3.05) is 0 Å². The van der Waals surface area contributed by atoms with Crippen molar-refractivity contribution in [3.8, 4) is 0 Å². The maximum Gasteiger partial charge on any atom is 0.321 e. The van der Waals surface area contributed by atoms with E-state index in [9.17, 15) is 4.79 Å². The number of pyridine rings is 1. The number of alkyl halides is 1. The second-order valence-electron chi connectivity index (χ2n) is 1.98. The van der Waals surface area contributed by atoms with Crippen LogP contribution in [-0.4, -0.2) is 16.1 Å². The highest BCUT2D eigenvalue weighted by molar-refractivity contribution is 9.09. The van der Waals surface area contributed by atoms with Gasteiger partial charge in [0.15, 0.2) is 0 Å². The lowest BCUT2D eigenvalue weighted by Crippen LogP contribution is -2.03. The average molecular weight is 252 g/mol. The van der Waals surface area contributed by atoms with Gasteiger partial charge in [-0.05, 0) is 17.7 Å². The predicted octanol–water partition coefficient (Wildman–Crippen LogP) is 2.02. The number of hydrogen-bond acceptors (Lipinski definition) is 2. The molecule has 0 aromatic carbocycles. The van der Waals surface area contributed by atoms with E-state index in [0.29, 0.717) is 5.56 Å². The molecule has 1 heterocycles. The zero-order valence-electron chi connectivity index (χ0n) is 5.98. The van der Waals surface area contributed by atoms with Gasteiger partial charge in [-0.3, -0.25) is 9.78 Å². The van der Waals surface area contributed by atoms with Crippen LogP contribution in [-0.2, 0) is 4.79 Å². The summed E-state index contributed by atoms with van der Waals surface area (Å²) < 4.78 is 0. The first-order valence-electron chi connectivity index (χ1n) is 2.98. The van der Waals surface area contributed by atoms with E-state index in [-0.39, 0.29) is 12.4 Å². The maximum absolute atomic E-state index is 10.4. The summed E-state index contributed by atoms with van der Waals surface area (Å²) in [4.78, 5) is 13.6. The second kappa shape index (κ2) is 5.11. The van der Waals surface area contributed by atoms with Crippen LogP contribution in [0, 0.1) is 0 Å². The Kier molecular flexibility index (Phi) is 4.85. The fraction of sp³-hybridized carbons (Fsp3) is 0.143. The predicted molar refractivity (Wildman–Crippen MR) is 50.8 cm³/mol. The van der Waals surface area contributed by atoms with Gasteiger partial charge in [-0.15, -0.1) is 12.4 Å². The smallest absolute Gasteiger partial charge is 0.321 e. The summed E-state index contributed by atoms with van der Waals surface area (Å²) in [5.74, 6) is -0.892. The normalized spacial score (nSPS) is 11.4. The van der Waals surface area contributed by atoms with Gasteiger partial charge in [0, 0.05) is 12.4 Å². The molecule has 0 aliphatic rings. The molecule has 1 atom stereocenters. The molecule has 1 rings (SSSR count). The van der Waals surface area contributed by atoms with E-state index in [1.54, 1.807) is 24.5 Å². The third-order valence-corrected chi connectivity index (χ3v) is 2.14. The van der Waals surface area contributed by atoms with Gasteiger partial charge in [0.25, 0.3) is 0 Å². The second-order valence-corrected chi connectivity index (χ2v) is 2.90. The molecule has 0 spiro atoms. The number of carboxylic acids is 1. The molecule has 0 saturated heterocycles. The van der Waals surface area contributed by atoms with Crippen molar-refractivity contribution in [1.82, 2.24) is 4.98 Å². The van der Waals surface area contributed by atoms with Crippen LogP contribution in [0.2, 0.25) is 0 Å². The van der Waals surface area contributed by atoms with Crippen LogP contribution in [0.4, 0.5) is 0 Å². The number of hydrogen-bond donors (Lipinski definition) is 1. The molecule has 1 N–H and O–H groups in total. The quantitative estimate of drug-likeness (QED) is 0.819. The van der Waals surface area contributed by atoms with Gasteiger partial charge in [0.1, 0.15) is 4.83 Å². The summed E-state index contributed by atoms with van der Waals surface area (Å²) in [6, 6.07) is 3.32. The molecule has 0 aliphatic carbocycles. The summed E-state index contributed by atoms with van der Waals surface area (Å²) in [6.07, 6.45) is 3.12. The summed E-state index contributed by atoms with van der Waals surface area (Å²) in [5.41, 5.74) is 0.701. The number of aromatic nitrogens is 1. The van der Waals surface area contributed by atoms with Crippen molar-refractivity contribution in [1.29, 1.82) is 0 Å². The van der Waals surface area contributed by atoms with Gasteiger partial charge in [-0.2, -0.15) is 0 Å². The molecule has 0 aliphatic heterocycles. The number of carbonyl (C=O) groups is 1. The zero-order valence-corrected chi connectivity index (χ0v) is 8.38. The minimum atomic E-state index is -0.892.